The van der Waals surface area contributed by atoms with Crippen LogP contribution in [0.5, 0.6) is 0 Å². The summed E-state index contributed by atoms with van der Waals surface area (Å²) in [4.78, 5) is 8.41. The number of rotatable bonds is 1. The van der Waals surface area contributed by atoms with Gasteiger partial charge in [-0.15, -0.1) is 0 Å². The van der Waals surface area contributed by atoms with Crippen LogP contribution in [0, 0.1) is 0 Å². The van der Waals surface area contributed by atoms with Crippen molar-refractivity contribution in [2.24, 2.45) is 0 Å². The molecule has 0 saturated carbocycles. The number of halogens is 1. The average Bonchev–Trinajstić information content (AvgIpc) is 2.19. The van der Waals surface area contributed by atoms with E-state index in [4.69, 9.17) is 16.3 Å². The van der Waals surface area contributed by atoms with Crippen LogP contribution in [-0.4, -0.2) is 23.2 Å². The summed E-state index contributed by atoms with van der Waals surface area (Å²) >= 11 is 5.78. The van der Waals surface area contributed by atoms with Crippen molar-refractivity contribution in [1.82, 2.24) is 9.97 Å². The molecular formula is C9H11ClN2O. The minimum atomic E-state index is 0.424. The van der Waals surface area contributed by atoms with Gasteiger partial charge in [-0.2, -0.15) is 0 Å². The first-order valence-corrected chi connectivity index (χ1v) is 4.80. The van der Waals surface area contributed by atoms with E-state index in [1.165, 1.54) is 0 Å². The van der Waals surface area contributed by atoms with Crippen LogP contribution in [0.4, 0.5) is 0 Å². The number of nitrogens with zero attached hydrogens (tertiary/aromatic N) is 2. The van der Waals surface area contributed by atoms with Crippen molar-refractivity contribution in [1.29, 1.82) is 0 Å². The van der Waals surface area contributed by atoms with Crippen molar-refractivity contribution in [2.45, 2.75) is 18.8 Å². The molecule has 0 atom stereocenters. The van der Waals surface area contributed by atoms with Gasteiger partial charge in [0.05, 0.1) is 0 Å². The Kier molecular flexibility index (Phi) is 2.76. The molecule has 2 heterocycles. The van der Waals surface area contributed by atoms with E-state index in [1.807, 2.05) is 0 Å². The minimum absolute atomic E-state index is 0.424. The molecule has 0 aliphatic carbocycles. The van der Waals surface area contributed by atoms with Crippen molar-refractivity contribution in [3.8, 4) is 0 Å². The first-order chi connectivity index (χ1) is 6.36. The van der Waals surface area contributed by atoms with E-state index in [9.17, 15) is 0 Å². The Labute approximate surface area is 82.1 Å². The van der Waals surface area contributed by atoms with Gasteiger partial charge in [0.15, 0.2) is 0 Å². The molecule has 1 aromatic rings. The lowest BCUT2D eigenvalue weighted by Gasteiger charge is -2.20. The van der Waals surface area contributed by atoms with Crippen LogP contribution in [-0.2, 0) is 4.74 Å². The number of hydrogen-bond acceptors (Lipinski definition) is 3. The zero-order valence-corrected chi connectivity index (χ0v) is 8.00. The summed E-state index contributed by atoms with van der Waals surface area (Å²) < 4.78 is 5.26. The van der Waals surface area contributed by atoms with Gasteiger partial charge in [-0.05, 0) is 18.9 Å². The van der Waals surface area contributed by atoms with Gasteiger partial charge >= 0.3 is 0 Å². The van der Waals surface area contributed by atoms with Crippen LogP contribution >= 0.6 is 11.6 Å². The molecule has 1 aliphatic rings. The van der Waals surface area contributed by atoms with Gasteiger partial charge in [-0.3, -0.25) is 0 Å². The highest BCUT2D eigenvalue weighted by molar-refractivity contribution is 6.29. The largest absolute Gasteiger partial charge is 0.381 e. The zero-order chi connectivity index (χ0) is 9.10. The second-order valence-corrected chi connectivity index (χ2v) is 3.51. The Morgan fingerprint density at radius 2 is 2.15 bits per heavy atom. The Morgan fingerprint density at radius 3 is 2.85 bits per heavy atom. The first kappa shape index (κ1) is 8.91. The molecule has 13 heavy (non-hydrogen) atoms. The molecule has 2 rings (SSSR count). The normalized spacial score (nSPS) is 18.8. The van der Waals surface area contributed by atoms with Crippen molar-refractivity contribution in [3.05, 3.63) is 23.2 Å². The van der Waals surface area contributed by atoms with Gasteiger partial charge in [-0.25, -0.2) is 9.97 Å². The van der Waals surface area contributed by atoms with Crippen LogP contribution in [0.1, 0.15) is 24.6 Å². The summed E-state index contributed by atoms with van der Waals surface area (Å²) in [5.41, 5.74) is 0. The highest BCUT2D eigenvalue weighted by Crippen LogP contribution is 2.24. The average molecular weight is 199 g/mol. The summed E-state index contributed by atoms with van der Waals surface area (Å²) in [5.74, 6) is 1.28. The van der Waals surface area contributed by atoms with E-state index in [1.54, 1.807) is 12.3 Å². The van der Waals surface area contributed by atoms with Gasteiger partial charge in [0, 0.05) is 25.3 Å². The molecule has 1 fully saturated rings. The molecule has 1 aliphatic heterocycles. The predicted molar refractivity (Wildman–Crippen MR) is 49.8 cm³/mol. The van der Waals surface area contributed by atoms with Crippen LogP contribution < -0.4 is 0 Å². The van der Waals surface area contributed by atoms with Crippen molar-refractivity contribution in [3.63, 3.8) is 0 Å². The fourth-order valence-corrected chi connectivity index (χ4v) is 1.65. The standard InChI is InChI=1S/C9H11ClN2O/c10-8-1-4-11-9(12-8)7-2-5-13-6-3-7/h1,4,7H,2-3,5-6H2. The number of aromatic nitrogens is 2. The third-order valence-electron chi connectivity index (χ3n) is 2.23. The van der Waals surface area contributed by atoms with Crippen molar-refractivity contribution in [2.75, 3.05) is 13.2 Å². The molecule has 70 valence electrons. The van der Waals surface area contributed by atoms with Gasteiger partial charge in [-0.1, -0.05) is 11.6 Å². The maximum Gasteiger partial charge on any atom is 0.133 e. The third kappa shape index (κ3) is 2.17. The monoisotopic (exact) mass is 198 g/mol. The van der Waals surface area contributed by atoms with E-state index in [-0.39, 0.29) is 0 Å². The van der Waals surface area contributed by atoms with Crippen LogP contribution in [0.15, 0.2) is 12.3 Å². The van der Waals surface area contributed by atoms with Crippen molar-refractivity contribution >= 4 is 11.6 Å². The van der Waals surface area contributed by atoms with Gasteiger partial charge < -0.3 is 4.74 Å². The molecule has 0 amide bonds. The lowest BCUT2D eigenvalue weighted by molar-refractivity contribution is 0.0836. The van der Waals surface area contributed by atoms with Gasteiger partial charge in [0.1, 0.15) is 11.0 Å². The topological polar surface area (TPSA) is 35.0 Å². The SMILES string of the molecule is Clc1ccnc(C2CCOCC2)n1. The molecule has 4 heteroatoms. The number of hydrogen-bond donors (Lipinski definition) is 0. The van der Waals surface area contributed by atoms with Crippen LogP contribution in [0.2, 0.25) is 5.15 Å². The van der Waals surface area contributed by atoms with E-state index >= 15 is 0 Å². The maximum atomic E-state index is 5.78. The van der Waals surface area contributed by atoms with Crippen molar-refractivity contribution < 1.29 is 4.74 Å². The molecule has 1 aromatic heterocycles. The van der Waals surface area contributed by atoms with Gasteiger partial charge in [0.2, 0.25) is 0 Å². The molecule has 0 aromatic carbocycles. The first-order valence-electron chi connectivity index (χ1n) is 4.42. The molecule has 0 radical (unpaired) electrons. The lowest BCUT2D eigenvalue weighted by atomic mass is 10.00. The summed E-state index contributed by atoms with van der Waals surface area (Å²) in [7, 11) is 0. The lowest BCUT2D eigenvalue weighted by Crippen LogP contribution is -2.16. The fraction of sp³-hybridized carbons (Fsp3) is 0.556. The molecule has 0 N–H and O–H groups in total. The smallest absolute Gasteiger partial charge is 0.133 e. The van der Waals surface area contributed by atoms with E-state index in [2.05, 4.69) is 9.97 Å². The zero-order valence-electron chi connectivity index (χ0n) is 7.24. The molecule has 0 bridgehead atoms. The summed E-state index contributed by atoms with van der Waals surface area (Å²) in [6.45, 7) is 1.61. The molecule has 0 spiro atoms. The van der Waals surface area contributed by atoms with E-state index in [0.29, 0.717) is 11.1 Å². The second kappa shape index (κ2) is 4.03. The molecule has 0 unspecified atom stereocenters. The predicted octanol–water partition coefficient (Wildman–Crippen LogP) is 2.02. The molecule has 1 saturated heterocycles. The molecule has 3 nitrogen and oxygen atoms in total. The van der Waals surface area contributed by atoms with E-state index < -0.39 is 0 Å². The second-order valence-electron chi connectivity index (χ2n) is 3.12. The molecular weight excluding hydrogens is 188 g/mol. The summed E-state index contributed by atoms with van der Waals surface area (Å²) in [6.07, 6.45) is 3.71. The Balaban J connectivity index is 2.14. The minimum Gasteiger partial charge on any atom is -0.381 e. The summed E-state index contributed by atoms with van der Waals surface area (Å²) in [5, 5.41) is 0.525. The number of ether oxygens (including phenoxy) is 1. The van der Waals surface area contributed by atoms with E-state index in [0.717, 1.165) is 31.9 Å². The summed E-state index contributed by atoms with van der Waals surface area (Å²) in [6, 6.07) is 1.70. The fourth-order valence-electron chi connectivity index (χ4n) is 1.50. The highest BCUT2D eigenvalue weighted by atomic mass is 35.5. The Hall–Kier alpha value is -0.670. The Bertz CT molecular complexity index is 287. The quantitative estimate of drug-likeness (QED) is 0.648. The van der Waals surface area contributed by atoms with Crippen LogP contribution in [0.25, 0.3) is 0 Å². The highest BCUT2D eigenvalue weighted by Gasteiger charge is 2.18. The third-order valence-corrected chi connectivity index (χ3v) is 2.44. The van der Waals surface area contributed by atoms with Gasteiger partial charge in [0.25, 0.3) is 0 Å². The van der Waals surface area contributed by atoms with Crippen LogP contribution in [0.3, 0.4) is 0 Å². The Morgan fingerprint density at radius 1 is 1.38 bits per heavy atom. The maximum absolute atomic E-state index is 5.78.